The second kappa shape index (κ2) is 7.99. The topological polar surface area (TPSA) is 48.5 Å². The molecule has 4 rings (SSSR count). The highest BCUT2D eigenvalue weighted by Gasteiger charge is 2.23. The molecule has 27 heavy (non-hydrogen) atoms. The number of urea groups is 1. The van der Waals surface area contributed by atoms with Crippen molar-refractivity contribution >= 4 is 11.7 Å². The number of aryl methyl sites for hydroxylation is 2. The molecule has 1 aliphatic carbocycles. The van der Waals surface area contributed by atoms with Crippen molar-refractivity contribution < 1.29 is 4.79 Å². The highest BCUT2D eigenvalue weighted by atomic mass is 16.2. The lowest BCUT2D eigenvalue weighted by atomic mass is 9.89. The fourth-order valence-corrected chi connectivity index (χ4v) is 4.11. The van der Waals surface area contributed by atoms with Gasteiger partial charge in [-0.25, -0.2) is 4.79 Å². The molecule has 2 aliphatic rings. The van der Waals surface area contributed by atoms with Crippen molar-refractivity contribution in [3.05, 3.63) is 59.4 Å². The minimum absolute atomic E-state index is 0.0305. The Morgan fingerprint density at radius 1 is 1.00 bits per heavy atom. The molecule has 1 aliphatic heterocycles. The molecule has 1 unspecified atom stereocenters. The largest absolute Gasteiger partial charge is 0.368 e. The van der Waals surface area contributed by atoms with E-state index in [-0.39, 0.29) is 12.1 Å². The maximum atomic E-state index is 12.7. The zero-order chi connectivity index (χ0) is 18.6. The SMILES string of the molecule is CC(NC(=O)N1CCN(c2ccncc2)CC1)c1ccc2c(c1)CCCC2. The molecule has 1 saturated heterocycles. The number of nitrogens with zero attached hydrogens (tertiary/aromatic N) is 3. The normalized spacial score (nSPS) is 18.0. The van der Waals surface area contributed by atoms with Gasteiger partial charge in [0.2, 0.25) is 0 Å². The van der Waals surface area contributed by atoms with Gasteiger partial charge in [0.1, 0.15) is 0 Å². The Morgan fingerprint density at radius 3 is 2.44 bits per heavy atom. The van der Waals surface area contributed by atoms with Crippen molar-refractivity contribution in [1.29, 1.82) is 0 Å². The van der Waals surface area contributed by atoms with E-state index in [1.54, 1.807) is 0 Å². The molecule has 1 fully saturated rings. The first kappa shape index (κ1) is 17.8. The van der Waals surface area contributed by atoms with Gasteiger partial charge < -0.3 is 15.1 Å². The van der Waals surface area contributed by atoms with Crippen molar-refractivity contribution in [3.63, 3.8) is 0 Å². The van der Waals surface area contributed by atoms with Crippen LogP contribution in [0.3, 0.4) is 0 Å². The first-order valence-electron chi connectivity index (χ1n) is 10.0. The van der Waals surface area contributed by atoms with Gasteiger partial charge in [-0.3, -0.25) is 4.98 Å². The molecule has 5 heteroatoms. The molecular formula is C22H28N4O. The highest BCUT2D eigenvalue weighted by molar-refractivity contribution is 5.75. The van der Waals surface area contributed by atoms with Crippen LogP contribution < -0.4 is 10.2 Å². The fourth-order valence-electron chi connectivity index (χ4n) is 4.11. The first-order chi connectivity index (χ1) is 13.2. The summed E-state index contributed by atoms with van der Waals surface area (Å²) in [6, 6.07) is 10.8. The zero-order valence-corrected chi connectivity index (χ0v) is 16.0. The molecule has 1 atom stereocenters. The van der Waals surface area contributed by atoms with Crippen LogP contribution in [0.5, 0.6) is 0 Å². The van der Waals surface area contributed by atoms with Gasteiger partial charge in [0, 0.05) is 44.3 Å². The summed E-state index contributed by atoms with van der Waals surface area (Å²) >= 11 is 0. The summed E-state index contributed by atoms with van der Waals surface area (Å²) in [5.41, 5.74) is 5.33. The third-order valence-corrected chi connectivity index (χ3v) is 5.81. The molecule has 0 spiro atoms. The first-order valence-corrected chi connectivity index (χ1v) is 10.0. The van der Waals surface area contributed by atoms with Crippen LogP contribution in [0, 0.1) is 0 Å². The molecular weight excluding hydrogens is 336 g/mol. The maximum absolute atomic E-state index is 12.7. The second-order valence-electron chi connectivity index (χ2n) is 7.59. The molecule has 0 saturated carbocycles. The second-order valence-corrected chi connectivity index (χ2v) is 7.59. The number of aromatic nitrogens is 1. The summed E-state index contributed by atoms with van der Waals surface area (Å²) in [6.45, 7) is 5.26. The molecule has 2 heterocycles. The number of piperazine rings is 1. The standard InChI is InChI=1S/C22H28N4O/c1-17(19-7-6-18-4-2-3-5-20(18)16-19)24-22(27)26-14-12-25(13-15-26)21-8-10-23-11-9-21/h6-11,16-17H,2-5,12-15H2,1H3,(H,24,27). The molecule has 2 aromatic rings. The van der Waals surface area contributed by atoms with Crippen LogP contribution in [0.15, 0.2) is 42.7 Å². The molecule has 142 valence electrons. The number of pyridine rings is 1. The predicted octanol–water partition coefficient (Wildman–Crippen LogP) is 3.55. The van der Waals surface area contributed by atoms with E-state index in [4.69, 9.17) is 0 Å². The van der Waals surface area contributed by atoms with Gasteiger partial charge in [0.25, 0.3) is 0 Å². The Labute approximate surface area is 161 Å². The molecule has 1 N–H and O–H groups in total. The summed E-state index contributed by atoms with van der Waals surface area (Å²) in [7, 11) is 0. The number of amides is 2. The monoisotopic (exact) mass is 364 g/mol. The van der Waals surface area contributed by atoms with Gasteiger partial charge in [-0.1, -0.05) is 18.2 Å². The summed E-state index contributed by atoms with van der Waals surface area (Å²) < 4.78 is 0. The van der Waals surface area contributed by atoms with Crippen LogP contribution >= 0.6 is 0 Å². The van der Waals surface area contributed by atoms with Crippen molar-refractivity contribution in [2.75, 3.05) is 31.1 Å². The van der Waals surface area contributed by atoms with E-state index < -0.39 is 0 Å². The Balaban J connectivity index is 1.33. The smallest absolute Gasteiger partial charge is 0.317 e. The molecule has 1 aromatic carbocycles. The van der Waals surface area contributed by atoms with Gasteiger partial charge in [-0.05, 0) is 61.4 Å². The molecule has 0 bridgehead atoms. The number of rotatable bonds is 3. The quantitative estimate of drug-likeness (QED) is 0.906. The Morgan fingerprint density at radius 2 is 1.70 bits per heavy atom. The van der Waals surface area contributed by atoms with Crippen LogP contribution in [0.2, 0.25) is 0 Å². The van der Waals surface area contributed by atoms with Gasteiger partial charge in [-0.15, -0.1) is 0 Å². The van der Waals surface area contributed by atoms with E-state index in [9.17, 15) is 4.79 Å². The third kappa shape index (κ3) is 4.07. The molecule has 5 nitrogen and oxygen atoms in total. The summed E-state index contributed by atoms with van der Waals surface area (Å²) in [6.07, 6.45) is 8.56. The van der Waals surface area contributed by atoms with E-state index in [0.29, 0.717) is 0 Å². The van der Waals surface area contributed by atoms with Gasteiger partial charge in [0.15, 0.2) is 0 Å². The van der Waals surface area contributed by atoms with Gasteiger partial charge in [0.05, 0.1) is 6.04 Å². The number of anilines is 1. The summed E-state index contributed by atoms with van der Waals surface area (Å²) in [5, 5.41) is 3.19. The van der Waals surface area contributed by atoms with Crippen LogP contribution in [0.4, 0.5) is 10.5 Å². The number of hydrogen-bond acceptors (Lipinski definition) is 3. The Kier molecular flexibility index (Phi) is 5.28. The minimum atomic E-state index is 0.0305. The number of nitrogens with one attached hydrogen (secondary N) is 1. The lowest BCUT2D eigenvalue weighted by Crippen LogP contribution is -2.52. The number of hydrogen-bond donors (Lipinski definition) is 1. The summed E-state index contributed by atoms with van der Waals surface area (Å²) in [5.74, 6) is 0. The van der Waals surface area contributed by atoms with E-state index in [1.807, 2.05) is 29.4 Å². The third-order valence-electron chi connectivity index (χ3n) is 5.81. The van der Waals surface area contributed by atoms with Gasteiger partial charge >= 0.3 is 6.03 Å². The van der Waals surface area contributed by atoms with Crippen molar-refractivity contribution in [1.82, 2.24) is 15.2 Å². The number of benzene rings is 1. The van der Waals surface area contributed by atoms with E-state index in [2.05, 4.69) is 40.3 Å². The van der Waals surface area contributed by atoms with Crippen LogP contribution in [-0.2, 0) is 12.8 Å². The summed E-state index contributed by atoms with van der Waals surface area (Å²) in [4.78, 5) is 21.0. The number of fused-ring (bicyclic) bond motifs is 1. The van der Waals surface area contributed by atoms with E-state index in [0.717, 1.165) is 26.2 Å². The molecule has 0 radical (unpaired) electrons. The Bertz CT molecular complexity index is 784. The van der Waals surface area contributed by atoms with Crippen LogP contribution in [0.1, 0.15) is 42.5 Å². The lowest BCUT2D eigenvalue weighted by molar-refractivity contribution is 0.191. The van der Waals surface area contributed by atoms with Crippen molar-refractivity contribution in [2.24, 2.45) is 0 Å². The van der Waals surface area contributed by atoms with Crippen molar-refractivity contribution in [2.45, 2.75) is 38.6 Å². The predicted molar refractivity (Wildman–Crippen MR) is 108 cm³/mol. The van der Waals surface area contributed by atoms with Crippen molar-refractivity contribution in [3.8, 4) is 0 Å². The average molecular weight is 364 g/mol. The van der Waals surface area contributed by atoms with E-state index in [1.165, 1.54) is 48.1 Å². The van der Waals surface area contributed by atoms with Crippen LogP contribution in [0.25, 0.3) is 0 Å². The highest BCUT2D eigenvalue weighted by Crippen LogP contribution is 2.25. The molecule has 2 amide bonds. The number of carbonyl (C=O) groups excluding carboxylic acids is 1. The van der Waals surface area contributed by atoms with E-state index >= 15 is 0 Å². The average Bonchev–Trinajstić information content (AvgIpc) is 2.74. The fraction of sp³-hybridized carbons (Fsp3) is 0.455. The lowest BCUT2D eigenvalue weighted by Gasteiger charge is -2.36. The zero-order valence-electron chi connectivity index (χ0n) is 16.0. The Hall–Kier alpha value is -2.56. The van der Waals surface area contributed by atoms with Crippen LogP contribution in [-0.4, -0.2) is 42.1 Å². The minimum Gasteiger partial charge on any atom is -0.368 e. The maximum Gasteiger partial charge on any atom is 0.317 e. The van der Waals surface area contributed by atoms with Gasteiger partial charge in [-0.2, -0.15) is 0 Å². The number of carbonyl (C=O) groups is 1. The molecule has 1 aromatic heterocycles.